The molecule has 0 amide bonds. The third-order valence-corrected chi connectivity index (χ3v) is 5.21. The van der Waals surface area contributed by atoms with Crippen molar-refractivity contribution in [2.45, 2.75) is 38.2 Å². The summed E-state index contributed by atoms with van der Waals surface area (Å²) in [6.45, 7) is 4.49. The smallest absolute Gasteiger partial charge is 0.433 e. The first-order chi connectivity index (χ1) is 14.3. The number of aryl methyl sites for hydroxylation is 1. The fourth-order valence-electron chi connectivity index (χ4n) is 2.54. The summed E-state index contributed by atoms with van der Waals surface area (Å²) in [6, 6.07) is 4.70. The number of halogens is 4. The molecule has 9 nitrogen and oxygen atoms in total. The van der Waals surface area contributed by atoms with E-state index in [1.165, 1.54) is 25.1 Å². The predicted molar refractivity (Wildman–Crippen MR) is 103 cm³/mol. The minimum atomic E-state index is -4.83. The number of benzene rings is 1. The van der Waals surface area contributed by atoms with Crippen LogP contribution in [0, 0.1) is 6.92 Å². The molecule has 0 saturated carbocycles. The number of aromatic nitrogens is 4. The van der Waals surface area contributed by atoms with Gasteiger partial charge < -0.3 is 4.74 Å². The van der Waals surface area contributed by atoms with Crippen LogP contribution in [0.5, 0.6) is 0 Å². The lowest BCUT2D eigenvalue weighted by molar-refractivity contribution is -0.142. The van der Waals surface area contributed by atoms with Crippen LogP contribution in [-0.4, -0.2) is 40.1 Å². The van der Waals surface area contributed by atoms with Crippen molar-refractivity contribution in [3.05, 3.63) is 46.2 Å². The summed E-state index contributed by atoms with van der Waals surface area (Å²) in [4.78, 5) is 19.7. The van der Waals surface area contributed by atoms with Crippen molar-refractivity contribution in [1.82, 2.24) is 19.6 Å². The molecule has 3 rings (SSSR count). The van der Waals surface area contributed by atoms with E-state index >= 15 is 0 Å². The summed E-state index contributed by atoms with van der Waals surface area (Å²) in [5.74, 6) is -1.42. The molecular formula is C17H15ClF3N5O4S. The Kier molecular flexibility index (Phi) is 5.84. The third kappa shape index (κ3) is 4.71. The van der Waals surface area contributed by atoms with Crippen molar-refractivity contribution in [3.8, 4) is 0 Å². The lowest BCUT2D eigenvalue weighted by atomic mass is 10.2. The largest absolute Gasteiger partial charge is 0.459 e. The van der Waals surface area contributed by atoms with Crippen LogP contribution in [0.2, 0.25) is 5.02 Å². The number of nitrogens with one attached hydrogen (secondary N) is 1. The van der Waals surface area contributed by atoms with Gasteiger partial charge in [0.1, 0.15) is 0 Å². The second-order valence-corrected chi connectivity index (χ2v) is 8.59. The van der Waals surface area contributed by atoms with Gasteiger partial charge in [-0.25, -0.2) is 9.78 Å². The maximum Gasteiger partial charge on any atom is 0.433 e. The minimum Gasteiger partial charge on any atom is -0.459 e. The molecule has 166 valence electrons. The monoisotopic (exact) mass is 477 g/mol. The highest BCUT2D eigenvalue weighted by molar-refractivity contribution is 7.92. The Morgan fingerprint density at radius 2 is 1.94 bits per heavy atom. The fraction of sp³-hybridized carbons (Fsp3) is 0.294. The van der Waals surface area contributed by atoms with Crippen molar-refractivity contribution < 1.29 is 31.1 Å². The van der Waals surface area contributed by atoms with E-state index in [4.69, 9.17) is 16.3 Å². The molecular weight excluding hydrogens is 463 g/mol. The highest BCUT2D eigenvalue weighted by atomic mass is 35.5. The van der Waals surface area contributed by atoms with E-state index in [1.807, 2.05) is 0 Å². The summed E-state index contributed by atoms with van der Waals surface area (Å²) in [7, 11) is -4.65. The number of carbonyl (C=O) groups is 1. The van der Waals surface area contributed by atoms with Gasteiger partial charge in [0.25, 0.3) is 21.0 Å². The molecule has 0 radical (unpaired) electrons. The Morgan fingerprint density at radius 3 is 2.55 bits per heavy atom. The first-order valence-electron chi connectivity index (χ1n) is 8.63. The first kappa shape index (κ1) is 22.7. The van der Waals surface area contributed by atoms with Crippen molar-refractivity contribution in [1.29, 1.82) is 0 Å². The molecule has 0 spiro atoms. The number of para-hydroxylation sites is 1. The molecule has 0 fully saturated rings. The van der Waals surface area contributed by atoms with Crippen LogP contribution in [-0.2, 0) is 20.9 Å². The number of esters is 1. The second kappa shape index (κ2) is 7.96. The average molecular weight is 478 g/mol. The number of hydrogen-bond acceptors (Lipinski definition) is 7. The number of sulfonamides is 1. The van der Waals surface area contributed by atoms with E-state index in [-0.39, 0.29) is 26.5 Å². The number of rotatable bonds is 5. The molecule has 0 atom stereocenters. The van der Waals surface area contributed by atoms with E-state index < -0.39 is 44.9 Å². The van der Waals surface area contributed by atoms with Crippen LogP contribution < -0.4 is 4.72 Å². The van der Waals surface area contributed by atoms with Gasteiger partial charge in [0.05, 0.1) is 22.4 Å². The van der Waals surface area contributed by atoms with E-state index in [0.29, 0.717) is 6.07 Å². The second-order valence-electron chi connectivity index (χ2n) is 6.61. The molecule has 14 heteroatoms. The zero-order valence-corrected chi connectivity index (χ0v) is 17.8. The number of fused-ring (bicyclic) bond motifs is 1. The normalized spacial score (nSPS) is 12.4. The summed E-state index contributed by atoms with van der Waals surface area (Å²) in [5, 5.41) is 2.32. The van der Waals surface area contributed by atoms with Crippen LogP contribution in [0.15, 0.2) is 29.4 Å². The highest BCUT2D eigenvalue weighted by Crippen LogP contribution is 2.31. The quantitative estimate of drug-likeness (QED) is 0.559. The Bertz CT molecular complexity index is 1270. The Hall–Kier alpha value is -2.93. The van der Waals surface area contributed by atoms with Crippen molar-refractivity contribution in [3.63, 3.8) is 0 Å². The van der Waals surface area contributed by atoms with Gasteiger partial charge in [-0.2, -0.15) is 31.1 Å². The van der Waals surface area contributed by atoms with E-state index in [1.54, 1.807) is 13.8 Å². The molecule has 3 aromatic rings. The number of nitrogens with zero attached hydrogens (tertiary/aromatic N) is 4. The molecule has 2 heterocycles. The highest BCUT2D eigenvalue weighted by Gasteiger charge is 2.36. The zero-order chi connectivity index (χ0) is 23.1. The lowest BCUT2D eigenvalue weighted by Crippen LogP contribution is -2.19. The van der Waals surface area contributed by atoms with Crippen molar-refractivity contribution in [2.24, 2.45) is 0 Å². The van der Waals surface area contributed by atoms with Crippen LogP contribution in [0.4, 0.5) is 18.9 Å². The van der Waals surface area contributed by atoms with Gasteiger partial charge in [-0.3, -0.25) is 4.72 Å². The number of hydrogen-bond donors (Lipinski definition) is 1. The predicted octanol–water partition coefficient (Wildman–Crippen LogP) is 3.47. The molecule has 0 saturated heterocycles. The minimum absolute atomic E-state index is 0.0334. The Labute approximate surface area is 179 Å². The van der Waals surface area contributed by atoms with Gasteiger partial charge in [0, 0.05) is 5.69 Å². The van der Waals surface area contributed by atoms with Crippen LogP contribution in [0.3, 0.4) is 0 Å². The molecule has 1 aromatic carbocycles. The van der Waals surface area contributed by atoms with Crippen molar-refractivity contribution in [2.75, 3.05) is 4.72 Å². The van der Waals surface area contributed by atoms with Gasteiger partial charge in [-0.15, -0.1) is 5.10 Å². The van der Waals surface area contributed by atoms with Crippen molar-refractivity contribution >= 4 is 39.1 Å². The molecule has 0 bridgehead atoms. The number of alkyl halides is 3. The maximum atomic E-state index is 13.3. The lowest BCUT2D eigenvalue weighted by Gasteiger charge is -2.14. The number of ether oxygens (including phenoxy) is 1. The SMILES string of the molecule is Cc1cc(C(F)(F)F)n2nc(S(=O)(=O)Nc3c(Cl)cccc3C(=O)OC(C)C)nc2n1. The molecule has 1 N–H and O–H groups in total. The Balaban J connectivity index is 2.09. The third-order valence-electron chi connectivity index (χ3n) is 3.76. The van der Waals surface area contributed by atoms with E-state index in [0.717, 1.165) is 0 Å². The van der Waals surface area contributed by atoms with Gasteiger partial charge in [0.2, 0.25) is 0 Å². The summed E-state index contributed by atoms with van der Waals surface area (Å²) >= 11 is 6.05. The van der Waals surface area contributed by atoms with E-state index in [9.17, 15) is 26.4 Å². The molecule has 0 aliphatic heterocycles. The fourth-order valence-corrected chi connectivity index (χ4v) is 3.79. The summed E-state index contributed by atoms with van der Waals surface area (Å²) in [6.07, 6.45) is -5.32. The molecule has 0 aliphatic rings. The van der Waals surface area contributed by atoms with Gasteiger partial charge >= 0.3 is 12.1 Å². The number of carbonyl (C=O) groups excluding carboxylic acids is 1. The summed E-state index contributed by atoms with van der Waals surface area (Å²) < 4.78 is 72.9. The van der Waals surface area contributed by atoms with Crippen LogP contribution >= 0.6 is 11.6 Å². The molecule has 0 unspecified atom stereocenters. The topological polar surface area (TPSA) is 116 Å². The number of anilines is 1. The van der Waals surface area contributed by atoms with Gasteiger partial charge in [0.15, 0.2) is 5.69 Å². The van der Waals surface area contributed by atoms with E-state index in [2.05, 4.69) is 19.8 Å². The van der Waals surface area contributed by atoms with Crippen LogP contribution in [0.1, 0.15) is 35.6 Å². The standard InChI is InChI=1S/C17H15ClF3N5O4S/c1-8(2)30-14(27)10-5-4-6-11(18)13(10)25-31(28,29)16-23-15-22-9(3)7-12(17(19,20)21)26(15)24-16/h4-8,25H,1-3H3. The zero-order valence-electron chi connectivity index (χ0n) is 16.2. The van der Waals surface area contributed by atoms with Gasteiger partial charge in [-0.05, 0) is 39.0 Å². The maximum absolute atomic E-state index is 13.3. The first-order valence-corrected chi connectivity index (χ1v) is 10.5. The molecule has 0 aliphatic carbocycles. The Morgan fingerprint density at radius 1 is 1.26 bits per heavy atom. The van der Waals surface area contributed by atoms with Crippen LogP contribution in [0.25, 0.3) is 5.78 Å². The average Bonchev–Trinajstić information content (AvgIpc) is 3.05. The molecule has 2 aromatic heterocycles. The van der Waals surface area contributed by atoms with Gasteiger partial charge in [-0.1, -0.05) is 17.7 Å². The summed E-state index contributed by atoms with van der Waals surface area (Å²) in [5.41, 5.74) is -1.80. The molecule has 31 heavy (non-hydrogen) atoms.